The van der Waals surface area contributed by atoms with E-state index in [0.29, 0.717) is 0 Å². The van der Waals surface area contributed by atoms with Crippen molar-refractivity contribution in [3.05, 3.63) is 100 Å². The van der Waals surface area contributed by atoms with E-state index in [1.165, 1.54) is 39.1 Å². The monoisotopic (exact) mass is 357 g/mol. The van der Waals surface area contributed by atoms with Crippen LogP contribution in [0.1, 0.15) is 53.1 Å². The molecule has 0 aromatic heterocycles. The molecule has 3 aromatic carbocycles. The zero-order valence-electron chi connectivity index (χ0n) is 17.3. The summed E-state index contributed by atoms with van der Waals surface area (Å²) in [6.07, 6.45) is 0. The van der Waals surface area contributed by atoms with Gasteiger partial charge in [0.25, 0.3) is 0 Å². The first-order chi connectivity index (χ1) is 13.0. The second kappa shape index (κ2) is 8.43. The van der Waals surface area contributed by atoms with Gasteiger partial charge in [-0.1, -0.05) is 60.2 Å². The molecule has 3 rings (SSSR count). The first kappa shape index (κ1) is 19.2. The van der Waals surface area contributed by atoms with Gasteiger partial charge < -0.3 is 4.90 Å². The van der Waals surface area contributed by atoms with Gasteiger partial charge in [-0.05, 0) is 74.6 Å². The molecule has 0 saturated heterocycles. The Labute approximate surface area is 164 Å². The van der Waals surface area contributed by atoms with Crippen LogP contribution in [0.5, 0.6) is 0 Å². The van der Waals surface area contributed by atoms with Gasteiger partial charge in [0.2, 0.25) is 0 Å². The van der Waals surface area contributed by atoms with Crippen LogP contribution in [0.2, 0.25) is 0 Å². The molecule has 1 atom stereocenters. The normalized spacial score (nSPS) is 12.0. The zero-order chi connectivity index (χ0) is 19.4. The Balaban J connectivity index is 2.14. The number of nitrogens with zero attached hydrogens (tertiary/aromatic N) is 1. The van der Waals surface area contributed by atoms with Crippen molar-refractivity contribution >= 4 is 5.69 Å². The quantitative estimate of drug-likeness (QED) is 0.447. The van der Waals surface area contributed by atoms with Crippen LogP contribution in [0.3, 0.4) is 0 Å². The highest BCUT2D eigenvalue weighted by Crippen LogP contribution is 2.37. The van der Waals surface area contributed by atoms with Crippen molar-refractivity contribution in [2.75, 3.05) is 18.0 Å². The summed E-state index contributed by atoms with van der Waals surface area (Å²) in [7, 11) is 0. The van der Waals surface area contributed by atoms with E-state index in [9.17, 15) is 0 Å². The van der Waals surface area contributed by atoms with Crippen molar-refractivity contribution in [3.8, 4) is 0 Å². The molecule has 1 nitrogen and oxygen atoms in total. The first-order valence-electron chi connectivity index (χ1n) is 10.0. The summed E-state index contributed by atoms with van der Waals surface area (Å²) in [4.78, 5) is 2.41. The predicted molar refractivity (Wildman–Crippen MR) is 118 cm³/mol. The second-order valence-electron chi connectivity index (χ2n) is 7.42. The molecule has 0 aliphatic rings. The van der Waals surface area contributed by atoms with Crippen molar-refractivity contribution in [2.24, 2.45) is 0 Å². The zero-order valence-corrected chi connectivity index (χ0v) is 17.3. The van der Waals surface area contributed by atoms with Crippen LogP contribution in [-0.4, -0.2) is 13.1 Å². The Morgan fingerprint density at radius 1 is 0.704 bits per heavy atom. The number of anilines is 1. The van der Waals surface area contributed by atoms with Crippen LogP contribution >= 0.6 is 0 Å². The van der Waals surface area contributed by atoms with Gasteiger partial charge in [0.15, 0.2) is 0 Å². The molecule has 140 valence electrons. The third-order valence-corrected chi connectivity index (χ3v) is 5.56. The summed E-state index contributed by atoms with van der Waals surface area (Å²) < 4.78 is 0. The molecule has 0 aliphatic heterocycles. The second-order valence-corrected chi connectivity index (χ2v) is 7.42. The minimum atomic E-state index is 0.262. The van der Waals surface area contributed by atoms with Gasteiger partial charge in [0.05, 0.1) is 0 Å². The highest BCUT2D eigenvalue weighted by atomic mass is 15.1. The molecule has 0 aliphatic carbocycles. The van der Waals surface area contributed by atoms with Crippen LogP contribution in [-0.2, 0) is 0 Å². The van der Waals surface area contributed by atoms with Crippen LogP contribution in [0.15, 0.2) is 66.7 Å². The average molecular weight is 358 g/mol. The Morgan fingerprint density at radius 3 is 1.85 bits per heavy atom. The summed E-state index contributed by atoms with van der Waals surface area (Å²) >= 11 is 0. The van der Waals surface area contributed by atoms with Crippen LogP contribution < -0.4 is 4.90 Å². The fourth-order valence-electron chi connectivity index (χ4n) is 4.09. The average Bonchev–Trinajstić information content (AvgIpc) is 2.67. The third kappa shape index (κ3) is 4.08. The molecule has 0 fully saturated rings. The molecule has 1 heteroatoms. The highest BCUT2D eigenvalue weighted by Gasteiger charge is 2.20. The highest BCUT2D eigenvalue weighted by molar-refractivity contribution is 5.56. The van der Waals surface area contributed by atoms with Crippen LogP contribution in [0.25, 0.3) is 0 Å². The molecular formula is C26H31N. The van der Waals surface area contributed by atoms with Gasteiger partial charge in [-0.3, -0.25) is 0 Å². The lowest BCUT2D eigenvalue weighted by Crippen LogP contribution is -2.22. The van der Waals surface area contributed by atoms with Crippen LogP contribution in [0, 0.1) is 20.8 Å². The predicted octanol–water partition coefficient (Wildman–Crippen LogP) is 6.64. The van der Waals surface area contributed by atoms with Crippen molar-refractivity contribution in [2.45, 2.75) is 40.5 Å². The number of hydrogen-bond donors (Lipinski definition) is 0. The van der Waals surface area contributed by atoms with Crippen molar-refractivity contribution in [1.29, 1.82) is 0 Å². The lowest BCUT2D eigenvalue weighted by Gasteiger charge is -2.26. The Hall–Kier alpha value is -2.54. The summed E-state index contributed by atoms with van der Waals surface area (Å²) in [6, 6.07) is 24.7. The van der Waals surface area contributed by atoms with E-state index in [1.807, 2.05) is 0 Å². The van der Waals surface area contributed by atoms with Gasteiger partial charge in [-0.25, -0.2) is 0 Å². The van der Waals surface area contributed by atoms with E-state index in [-0.39, 0.29) is 5.92 Å². The SMILES string of the molecule is CCN(CC)c1ccc(C(c2ccccc2)c2ccc(C)cc2C)c(C)c1. The van der Waals surface area contributed by atoms with E-state index in [0.717, 1.165) is 13.1 Å². The van der Waals surface area contributed by atoms with E-state index >= 15 is 0 Å². The van der Waals surface area contributed by atoms with Crippen molar-refractivity contribution in [3.63, 3.8) is 0 Å². The standard InChI is InChI=1S/C26H31N/c1-6-27(7-2)23-14-16-25(21(5)18-23)26(22-11-9-8-10-12-22)24-15-13-19(3)17-20(24)4/h8-18,26H,6-7H2,1-5H3. The smallest absolute Gasteiger partial charge is 0.0368 e. The van der Waals surface area contributed by atoms with Gasteiger partial charge in [-0.2, -0.15) is 0 Å². The third-order valence-electron chi connectivity index (χ3n) is 5.56. The Bertz CT molecular complexity index is 891. The Morgan fingerprint density at radius 2 is 1.30 bits per heavy atom. The summed E-state index contributed by atoms with van der Waals surface area (Å²) in [5.74, 6) is 0.262. The largest absolute Gasteiger partial charge is 0.372 e. The molecule has 0 saturated carbocycles. The maximum Gasteiger partial charge on any atom is 0.0368 e. The molecule has 0 bridgehead atoms. The summed E-state index contributed by atoms with van der Waals surface area (Å²) in [6.45, 7) is 13.2. The van der Waals surface area contributed by atoms with E-state index < -0.39 is 0 Å². The molecule has 0 spiro atoms. The number of aryl methyl sites for hydroxylation is 3. The van der Waals surface area contributed by atoms with Crippen molar-refractivity contribution < 1.29 is 0 Å². The summed E-state index contributed by atoms with van der Waals surface area (Å²) in [5, 5.41) is 0. The molecule has 0 radical (unpaired) electrons. The molecule has 3 aromatic rings. The van der Waals surface area contributed by atoms with E-state index in [4.69, 9.17) is 0 Å². The van der Waals surface area contributed by atoms with Crippen molar-refractivity contribution in [1.82, 2.24) is 0 Å². The fourth-order valence-corrected chi connectivity index (χ4v) is 4.09. The molecular weight excluding hydrogens is 326 g/mol. The lowest BCUT2D eigenvalue weighted by molar-refractivity contribution is 0.862. The molecule has 1 unspecified atom stereocenters. The topological polar surface area (TPSA) is 3.24 Å². The van der Waals surface area contributed by atoms with E-state index in [1.54, 1.807) is 0 Å². The molecule has 0 N–H and O–H groups in total. The summed E-state index contributed by atoms with van der Waals surface area (Å²) in [5.41, 5.74) is 9.48. The molecule has 27 heavy (non-hydrogen) atoms. The van der Waals surface area contributed by atoms with Gasteiger partial charge in [-0.15, -0.1) is 0 Å². The first-order valence-corrected chi connectivity index (χ1v) is 10.0. The van der Waals surface area contributed by atoms with Gasteiger partial charge in [0, 0.05) is 24.7 Å². The molecule has 0 heterocycles. The minimum absolute atomic E-state index is 0.262. The number of rotatable bonds is 6. The number of hydrogen-bond acceptors (Lipinski definition) is 1. The van der Waals surface area contributed by atoms with Gasteiger partial charge in [0.1, 0.15) is 0 Å². The number of benzene rings is 3. The minimum Gasteiger partial charge on any atom is -0.372 e. The fraction of sp³-hybridized carbons (Fsp3) is 0.308. The maximum atomic E-state index is 2.41. The maximum absolute atomic E-state index is 2.41. The Kier molecular flexibility index (Phi) is 6.01. The van der Waals surface area contributed by atoms with Gasteiger partial charge >= 0.3 is 0 Å². The molecule has 0 amide bonds. The lowest BCUT2D eigenvalue weighted by atomic mass is 9.81. The van der Waals surface area contributed by atoms with Crippen LogP contribution in [0.4, 0.5) is 5.69 Å². The van der Waals surface area contributed by atoms with E-state index in [2.05, 4.69) is 106 Å².